The van der Waals surface area contributed by atoms with Gasteiger partial charge in [0.1, 0.15) is 5.75 Å². The van der Waals surface area contributed by atoms with Crippen molar-refractivity contribution >= 4 is 67.5 Å². The van der Waals surface area contributed by atoms with E-state index in [0.29, 0.717) is 0 Å². The van der Waals surface area contributed by atoms with Gasteiger partial charge in [-0.2, -0.15) is 0 Å². The fourth-order valence-electron chi connectivity index (χ4n) is 10.2. The Morgan fingerprint density at radius 2 is 0.968 bits per heavy atom. The Balaban J connectivity index is 1.22. The zero-order valence-corrected chi connectivity index (χ0v) is 33.7. The van der Waals surface area contributed by atoms with E-state index in [1.807, 2.05) is 0 Å². The second-order valence-electron chi connectivity index (χ2n) is 16.4. The van der Waals surface area contributed by atoms with Crippen LogP contribution in [0.4, 0.5) is 17.1 Å². The summed E-state index contributed by atoms with van der Waals surface area (Å²) in [4.78, 5) is 2.56. The van der Waals surface area contributed by atoms with E-state index in [2.05, 4.69) is 234 Å². The molecule has 0 N–H and O–H groups in total. The molecule has 0 saturated heterocycles. The van der Waals surface area contributed by atoms with Gasteiger partial charge in [0.05, 0.1) is 16.7 Å². The van der Waals surface area contributed by atoms with Crippen LogP contribution in [0.3, 0.4) is 0 Å². The Kier molecular flexibility index (Phi) is 7.70. The lowest BCUT2D eigenvalue weighted by atomic mass is 9.48. The standard InChI is InChI=1S/C58H37BN2O/c1-5-17-38(18-6-1)42-30-32-54-49(36-42)50-37-53-55(48-27-15-16-28-51(48)60(53)45-24-11-4-12-25-45)58-57(50)59(62-54)56-47-26-14-13-23-41(47)29-31-52(56)61(58)46-34-43(39-19-7-2-8-20-39)33-44(35-46)40-21-9-3-10-22-40/h1-37H. The summed E-state index contributed by atoms with van der Waals surface area (Å²) in [5, 5.41) is 4.78. The van der Waals surface area contributed by atoms with Crippen molar-refractivity contribution in [3.63, 3.8) is 0 Å². The SMILES string of the molecule is c1ccc(-c2cc(-c3ccccc3)cc(N3c4ccc5ccccc5c4B4Oc5ccc(-c6ccccc6)cc5-c5cc6c(c3c54)c3ccccc3n6-c3ccccc3)c2)cc1. The molecule has 0 atom stereocenters. The van der Waals surface area contributed by atoms with Crippen LogP contribution in [0.25, 0.3) is 82.8 Å². The summed E-state index contributed by atoms with van der Waals surface area (Å²) in [6, 6.07) is 81.6. The Labute approximate surface area is 360 Å². The zero-order chi connectivity index (χ0) is 40.7. The Morgan fingerprint density at radius 3 is 1.66 bits per heavy atom. The minimum Gasteiger partial charge on any atom is -0.551 e. The van der Waals surface area contributed by atoms with Gasteiger partial charge in [-0.1, -0.05) is 164 Å². The third kappa shape index (κ3) is 5.27. The number of rotatable bonds is 5. The number of benzene rings is 10. The molecule has 11 aromatic rings. The lowest BCUT2D eigenvalue weighted by Crippen LogP contribution is -2.56. The van der Waals surface area contributed by atoms with Crippen molar-refractivity contribution in [2.45, 2.75) is 0 Å². The molecule has 1 aromatic heterocycles. The quantitative estimate of drug-likeness (QED) is 0.162. The van der Waals surface area contributed by atoms with Crippen LogP contribution in [0.15, 0.2) is 224 Å². The molecule has 0 spiro atoms. The predicted octanol–water partition coefficient (Wildman–Crippen LogP) is 13.9. The molecule has 2 aliphatic rings. The number of fused-ring (bicyclic) bond motifs is 10. The summed E-state index contributed by atoms with van der Waals surface area (Å²) in [5.74, 6) is 0.889. The Morgan fingerprint density at radius 1 is 0.371 bits per heavy atom. The minimum absolute atomic E-state index is 0.360. The molecule has 3 nitrogen and oxygen atoms in total. The van der Waals surface area contributed by atoms with Gasteiger partial charge in [0.2, 0.25) is 0 Å². The van der Waals surface area contributed by atoms with E-state index in [9.17, 15) is 0 Å². The molecule has 0 radical (unpaired) electrons. The summed E-state index contributed by atoms with van der Waals surface area (Å²) in [7, 11) is 0. The van der Waals surface area contributed by atoms with E-state index in [1.165, 1.54) is 54.7 Å². The highest BCUT2D eigenvalue weighted by atomic mass is 16.4. The van der Waals surface area contributed by atoms with Crippen LogP contribution in [0.1, 0.15) is 0 Å². The summed E-state index contributed by atoms with van der Waals surface area (Å²) >= 11 is 0. The lowest BCUT2D eigenvalue weighted by molar-refractivity contribution is 0.590. The number of nitrogens with zero attached hydrogens (tertiary/aromatic N) is 2. The van der Waals surface area contributed by atoms with E-state index in [4.69, 9.17) is 4.65 Å². The van der Waals surface area contributed by atoms with E-state index < -0.39 is 0 Å². The van der Waals surface area contributed by atoms with Gasteiger partial charge in [-0.25, -0.2) is 0 Å². The van der Waals surface area contributed by atoms with Crippen molar-refractivity contribution in [1.29, 1.82) is 0 Å². The maximum atomic E-state index is 7.45. The molecular formula is C58H37BN2O. The van der Waals surface area contributed by atoms with Crippen LogP contribution in [-0.2, 0) is 0 Å². The summed E-state index contributed by atoms with van der Waals surface area (Å²) in [6.45, 7) is -0.360. The molecule has 4 heteroatoms. The van der Waals surface area contributed by atoms with Crippen molar-refractivity contribution in [3.8, 4) is 55.9 Å². The van der Waals surface area contributed by atoms with Crippen molar-refractivity contribution in [1.82, 2.24) is 4.57 Å². The molecule has 0 unspecified atom stereocenters. The second kappa shape index (κ2) is 13.7. The van der Waals surface area contributed by atoms with E-state index in [0.717, 1.165) is 61.8 Å². The number of para-hydroxylation sites is 2. The highest BCUT2D eigenvalue weighted by Crippen LogP contribution is 2.51. The Bertz CT molecular complexity index is 3490. The van der Waals surface area contributed by atoms with Gasteiger partial charge in [-0.3, -0.25) is 0 Å². The molecule has 0 saturated carbocycles. The maximum absolute atomic E-state index is 7.45. The molecule has 0 fully saturated rings. The van der Waals surface area contributed by atoms with Crippen molar-refractivity contribution in [3.05, 3.63) is 224 Å². The first-order valence-corrected chi connectivity index (χ1v) is 21.4. The van der Waals surface area contributed by atoms with Crippen LogP contribution >= 0.6 is 0 Å². The predicted molar refractivity (Wildman–Crippen MR) is 260 cm³/mol. The van der Waals surface area contributed by atoms with Crippen LogP contribution in [0, 0.1) is 0 Å². The van der Waals surface area contributed by atoms with Crippen LogP contribution in [0.5, 0.6) is 5.75 Å². The average Bonchev–Trinajstić information content (AvgIpc) is 3.68. The molecule has 62 heavy (non-hydrogen) atoms. The number of aromatic nitrogens is 1. The van der Waals surface area contributed by atoms with Crippen molar-refractivity contribution in [2.24, 2.45) is 0 Å². The molecule has 13 rings (SSSR count). The molecule has 0 bridgehead atoms. The van der Waals surface area contributed by atoms with E-state index in [1.54, 1.807) is 0 Å². The minimum atomic E-state index is -0.360. The maximum Gasteiger partial charge on any atom is 0.432 e. The van der Waals surface area contributed by atoms with Gasteiger partial charge in [0.25, 0.3) is 0 Å². The molecule has 0 amide bonds. The topological polar surface area (TPSA) is 17.4 Å². The van der Waals surface area contributed by atoms with Gasteiger partial charge in [0.15, 0.2) is 0 Å². The first-order chi connectivity index (χ1) is 30.8. The van der Waals surface area contributed by atoms with Crippen LogP contribution in [0.2, 0.25) is 0 Å². The van der Waals surface area contributed by atoms with Gasteiger partial charge < -0.3 is 14.1 Å². The fraction of sp³-hybridized carbons (Fsp3) is 0. The molecular weight excluding hydrogens is 751 g/mol. The van der Waals surface area contributed by atoms with Crippen molar-refractivity contribution < 1.29 is 4.65 Å². The Hall–Kier alpha value is -8.08. The van der Waals surface area contributed by atoms with E-state index in [-0.39, 0.29) is 6.92 Å². The lowest BCUT2D eigenvalue weighted by Gasteiger charge is -2.41. The fourth-order valence-corrected chi connectivity index (χ4v) is 10.2. The molecule has 10 aromatic carbocycles. The first kappa shape index (κ1) is 34.8. The van der Waals surface area contributed by atoms with Gasteiger partial charge in [-0.15, -0.1) is 0 Å². The van der Waals surface area contributed by atoms with Gasteiger partial charge in [0, 0.05) is 44.3 Å². The largest absolute Gasteiger partial charge is 0.551 e. The highest BCUT2D eigenvalue weighted by Gasteiger charge is 2.45. The normalized spacial score (nSPS) is 12.6. The van der Waals surface area contributed by atoms with Gasteiger partial charge >= 0.3 is 6.92 Å². The van der Waals surface area contributed by atoms with Crippen LogP contribution < -0.4 is 20.5 Å². The van der Waals surface area contributed by atoms with Crippen LogP contribution in [-0.4, -0.2) is 11.5 Å². The van der Waals surface area contributed by atoms with Crippen molar-refractivity contribution in [2.75, 3.05) is 4.90 Å². The summed E-state index contributed by atoms with van der Waals surface area (Å²) < 4.78 is 9.91. The monoisotopic (exact) mass is 788 g/mol. The third-order valence-electron chi connectivity index (χ3n) is 12.9. The average molecular weight is 789 g/mol. The highest BCUT2D eigenvalue weighted by molar-refractivity contribution is 6.88. The summed E-state index contributed by atoms with van der Waals surface area (Å²) in [5.41, 5.74) is 18.4. The number of hydrogen-bond donors (Lipinski definition) is 0. The first-order valence-electron chi connectivity index (χ1n) is 21.4. The zero-order valence-electron chi connectivity index (χ0n) is 33.7. The van der Waals surface area contributed by atoms with E-state index >= 15 is 0 Å². The second-order valence-corrected chi connectivity index (χ2v) is 16.4. The molecule has 0 aliphatic carbocycles. The smallest absolute Gasteiger partial charge is 0.432 e. The van der Waals surface area contributed by atoms with Gasteiger partial charge in [-0.05, 0) is 110 Å². The molecule has 3 heterocycles. The number of hydrogen-bond acceptors (Lipinski definition) is 2. The third-order valence-corrected chi connectivity index (χ3v) is 12.9. The molecule has 2 aliphatic heterocycles. The summed E-state index contributed by atoms with van der Waals surface area (Å²) in [6.07, 6.45) is 0. The molecule has 288 valence electrons. The number of anilines is 3.